The van der Waals surface area contributed by atoms with Crippen LogP contribution in [0.25, 0.3) is 0 Å². The lowest BCUT2D eigenvalue weighted by Crippen LogP contribution is -2.09. The van der Waals surface area contributed by atoms with E-state index in [4.69, 9.17) is 5.11 Å². The molecular formula is C13H16N4O. The Hall–Kier alpha value is -2.14. The van der Waals surface area contributed by atoms with E-state index in [2.05, 4.69) is 20.6 Å². The maximum Gasteiger partial charge on any atom is 0.229 e. The number of benzene rings is 1. The largest absolute Gasteiger partial charge is 0.395 e. The molecule has 5 nitrogen and oxygen atoms in total. The number of nitrogens with zero attached hydrogens (tertiary/aromatic N) is 2. The number of para-hydroxylation sites is 1. The van der Waals surface area contributed by atoms with Gasteiger partial charge in [-0.3, -0.25) is 0 Å². The van der Waals surface area contributed by atoms with Gasteiger partial charge in [-0.2, -0.15) is 4.98 Å². The minimum Gasteiger partial charge on any atom is -0.395 e. The first-order valence-electron chi connectivity index (χ1n) is 5.80. The summed E-state index contributed by atoms with van der Waals surface area (Å²) in [5.74, 6) is 1.25. The molecule has 0 amide bonds. The van der Waals surface area contributed by atoms with Crippen molar-refractivity contribution in [3.63, 3.8) is 0 Å². The highest BCUT2D eigenvalue weighted by Gasteiger charge is 2.02. The molecule has 1 heterocycles. The number of aliphatic hydroxyl groups is 1. The Bertz CT molecular complexity index is 502. The highest BCUT2D eigenvalue weighted by atomic mass is 16.3. The standard InChI is InChI=1S/C13H16N4O/c1-10-9-12(14-7-8-18)17-13(15-10)16-11-5-3-2-4-6-11/h2-6,9,18H,7-8H2,1H3,(H2,14,15,16,17). The number of nitrogens with one attached hydrogen (secondary N) is 2. The van der Waals surface area contributed by atoms with E-state index in [1.807, 2.05) is 43.3 Å². The lowest BCUT2D eigenvalue weighted by atomic mass is 10.3. The third-order valence-electron chi connectivity index (χ3n) is 2.30. The Kier molecular flexibility index (Phi) is 4.09. The summed E-state index contributed by atoms with van der Waals surface area (Å²) >= 11 is 0. The Balaban J connectivity index is 2.15. The SMILES string of the molecule is Cc1cc(NCCO)nc(Nc2ccccc2)n1. The predicted octanol–water partition coefficient (Wildman–Crippen LogP) is 1.93. The Morgan fingerprint density at radius 1 is 1.17 bits per heavy atom. The van der Waals surface area contributed by atoms with E-state index in [0.29, 0.717) is 18.3 Å². The number of aryl methyl sites for hydroxylation is 1. The Morgan fingerprint density at radius 3 is 2.67 bits per heavy atom. The van der Waals surface area contributed by atoms with Gasteiger partial charge in [-0.15, -0.1) is 0 Å². The summed E-state index contributed by atoms with van der Waals surface area (Å²) in [6.07, 6.45) is 0. The molecular weight excluding hydrogens is 228 g/mol. The maximum atomic E-state index is 8.78. The van der Waals surface area contributed by atoms with E-state index in [1.165, 1.54) is 0 Å². The molecule has 0 saturated carbocycles. The first-order chi connectivity index (χ1) is 8.78. The minimum absolute atomic E-state index is 0.0739. The van der Waals surface area contributed by atoms with Crippen molar-refractivity contribution in [2.24, 2.45) is 0 Å². The fourth-order valence-corrected chi connectivity index (χ4v) is 1.55. The van der Waals surface area contributed by atoms with Crippen LogP contribution in [0.2, 0.25) is 0 Å². The van der Waals surface area contributed by atoms with Gasteiger partial charge in [0.05, 0.1) is 6.61 Å². The van der Waals surface area contributed by atoms with Gasteiger partial charge in [0.25, 0.3) is 0 Å². The molecule has 94 valence electrons. The summed E-state index contributed by atoms with van der Waals surface area (Å²) in [5.41, 5.74) is 1.81. The average Bonchev–Trinajstić information content (AvgIpc) is 2.37. The second kappa shape index (κ2) is 5.97. The van der Waals surface area contributed by atoms with E-state index in [-0.39, 0.29) is 6.61 Å². The second-order valence-corrected chi connectivity index (χ2v) is 3.86. The summed E-state index contributed by atoms with van der Waals surface area (Å²) in [6.45, 7) is 2.45. The van der Waals surface area contributed by atoms with Crippen molar-refractivity contribution in [1.82, 2.24) is 9.97 Å². The number of hydrogen-bond donors (Lipinski definition) is 3. The number of rotatable bonds is 5. The summed E-state index contributed by atoms with van der Waals surface area (Å²) in [6, 6.07) is 11.6. The quantitative estimate of drug-likeness (QED) is 0.749. The van der Waals surface area contributed by atoms with Crippen LogP contribution in [0.4, 0.5) is 17.5 Å². The molecule has 0 aliphatic rings. The van der Waals surface area contributed by atoms with Crippen molar-refractivity contribution < 1.29 is 5.11 Å². The fraction of sp³-hybridized carbons (Fsp3) is 0.231. The highest BCUT2D eigenvalue weighted by molar-refractivity contribution is 5.54. The molecule has 0 radical (unpaired) electrons. The van der Waals surface area contributed by atoms with Crippen LogP contribution >= 0.6 is 0 Å². The van der Waals surface area contributed by atoms with Crippen LogP contribution in [0.1, 0.15) is 5.69 Å². The van der Waals surface area contributed by atoms with Crippen LogP contribution in [0, 0.1) is 6.92 Å². The van der Waals surface area contributed by atoms with E-state index < -0.39 is 0 Å². The van der Waals surface area contributed by atoms with Gasteiger partial charge in [-0.1, -0.05) is 18.2 Å². The van der Waals surface area contributed by atoms with Crippen molar-refractivity contribution >= 4 is 17.5 Å². The van der Waals surface area contributed by atoms with Crippen molar-refractivity contribution in [1.29, 1.82) is 0 Å². The molecule has 0 atom stereocenters. The predicted molar refractivity (Wildman–Crippen MR) is 72.1 cm³/mol. The van der Waals surface area contributed by atoms with Gasteiger partial charge in [0.1, 0.15) is 5.82 Å². The van der Waals surface area contributed by atoms with Crippen molar-refractivity contribution in [3.8, 4) is 0 Å². The summed E-state index contributed by atoms with van der Waals surface area (Å²) < 4.78 is 0. The Labute approximate surface area is 106 Å². The first-order valence-corrected chi connectivity index (χ1v) is 5.80. The van der Waals surface area contributed by atoms with Crippen LogP contribution in [-0.4, -0.2) is 28.2 Å². The molecule has 18 heavy (non-hydrogen) atoms. The zero-order valence-electron chi connectivity index (χ0n) is 10.2. The monoisotopic (exact) mass is 244 g/mol. The van der Waals surface area contributed by atoms with Gasteiger partial charge in [0.2, 0.25) is 5.95 Å². The third kappa shape index (κ3) is 3.43. The molecule has 0 fully saturated rings. The van der Waals surface area contributed by atoms with Crippen molar-refractivity contribution in [2.75, 3.05) is 23.8 Å². The number of anilines is 3. The van der Waals surface area contributed by atoms with Crippen LogP contribution < -0.4 is 10.6 Å². The molecule has 0 bridgehead atoms. The van der Waals surface area contributed by atoms with Gasteiger partial charge in [-0.05, 0) is 19.1 Å². The molecule has 3 N–H and O–H groups in total. The molecule has 0 spiro atoms. The first kappa shape index (κ1) is 12.3. The molecule has 1 aromatic carbocycles. The molecule has 1 aromatic heterocycles. The van der Waals surface area contributed by atoms with Crippen LogP contribution in [0.3, 0.4) is 0 Å². The number of aromatic nitrogens is 2. The lowest BCUT2D eigenvalue weighted by molar-refractivity contribution is 0.311. The van der Waals surface area contributed by atoms with Crippen LogP contribution in [0.15, 0.2) is 36.4 Å². The highest BCUT2D eigenvalue weighted by Crippen LogP contribution is 2.14. The van der Waals surface area contributed by atoms with Gasteiger partial charge >= 0.3 is 0 Å². The summed E-state index contributed by atoms with van der Waals surface area (Å²) in [5, 5.41) is 14.9. The zero-order valence-corrected chi connectivity index (χ0v) is 10.2. The molecule has 0 aliphatic heterocycles. The van der Waals surface area contributed by atoms with E-state index in [9.17, 15) is 0 Å². The maximum absolute atomic E-state index is 8.78. The summed E-state index contributed by atoms with van der Waals surface area (Å²) in [7, 11) is 0. The van der Waals surface area contributed by atoms with E-state index >= 15 is 0 Å². The zero-order chi connectivity index (χ0) is 12.8. The molecule has 0 unspecified atom stereocenters. The summed E-state index contributed by atoms with van der Waals surface area (Å²) in [4.78, 5) is 8.63. The van der Waals surface area contributed by atoms with Gasteiger partial charge < -0.3 is 15.7 Å². The Morgan fingerprint density at radius 2 is 1.94 bits per heavy atom. The number of aliphatic hydroxyl groups excluding tert-OH is 1. The van der Waals surface area contributed by atoms with Crippen LogP contribution in [-0.2, 0) is 0 Å². The topological polar surface area (TPSA) is 70.1 Å². The van der Waals surface area contributed by atoms with E-state index in [1.54, 1.807) is 0 Å². The minimum atomic E-state index is 0.0739. The molecule has 5 heteroatoms. The average molecular weight is 244 g/mol. The van der Waals surface area contributed by atoms with Crippen molar-refractivity contribution in [3.05, 3.63) is 42.1 Å². The molecule has 2 rings (SSSR count). The number of hydrogen-bond acceptors (Lipinski definition) is 5. The van der Waals surface area contributed by atoms with Gasteiger partial charge in [-0.25, -0.2) is 4.98 Å². The molecule has 0 saturated heterocycles. The van der Waals surface area contributed by atoms with Gasteiger partial charge in [0, 0.05) is 24.0 Å². The lowest BCUT2D eigenvalue weighted by Gasteiger charge is -2.09. The van der Waals surface area contributed by atoms with E-state index in [0.717, 1.165) is 11.4 Å². The second-order valence-electron chi connectivity index (χ2n) is 3.86. The van der Waals surface area contributed by atoms with Gasteiger partial charge in [0.15, 0.2) is 0 Å². The third-order valence-corrected chi connectivity index (χ3v) is 2.30. The molecule has 0 aliphatic carbocycles. The van der Waals surface area contributed by atoms with Crippen LogP contribution in [0.5, 0.6) is 0 Å². The molecule has 2 aromatic rings. The fourth-order valence-electron chi connectivity index (χ4n) is 1.55. The smallest absolute Gasteiger partial charge is 0.229 e. The van der Waals surface area contributed by atoms with Crippen molar-refractivity contribution in [2.45, 2.75) is 6.92 Å². The normalized spacial score (nSPS) is 10.1.